The summed E-state index contributed by atoms with van der Waals surface area (Å²) in [4.78, 5) is 30.5. The Kier molecular flexibility index (Phi) is 6.44. The van der Waals surface area contributed by atoms with E-state index in [1.54, 1.807) is 19.1 Å². The predicted molar refractivity (Wildman–Crippen MR) is 120 cm³/mol. The van der Waals surface area contributed by atoms with Crippen molar-refractivity contribution >= 4 is 5.91 Å². The summed E-state index contributed by atoms with van der Waals surface area (Å²) in [5.74, 6) is 1.32. The second kappa shape index (κ2) is 9.60. The third-order valence-corrected chi connectivity index (χ3v) is 5.66. The number of pyridine rings is 1. The van der Waals surface area contributed by atoms with Gasteiger partial charge in [-0.25, -0.2) is 0 Å². The van der Waals surface area contributed by atoms with E-state index in [1.165, 1.54) is 12.3 Å². The molecule has 1 atom stereocenters. The molecule has 1 N–H and O–H groups in total. The van der Waals surface area contributed by atoms with Gasteiger partial charge < -0.3 is 24.1 Å². The molecule has 4 rings (SSSR count). The van der Waals surface area contributed by atoms with Crippen molar-refractivity contribution in [1.82, 2.24) is 9.88 Å². The van der Waals surface area contributed by atoms with Gasteiger partial charge in [0.1, 0.15) is 23.8 Å². The zero-order chi connectivity index (χ0) is 22.5. The van der Waals surface area contributed by atoms with Gasteiger partial charge in [0, 0.05) is 30.4 Å². The van der Waals surface area contributed by atoms with Crippen molar-refractivity contribution in [3.8, 4) is 17.2 Å². The molecule has 32 heavy (non-hydrogen) atoms. The summed E-state index contributed by atoms with van der Waals surface area (Å²) >= 11 is 0. The first-order valence-corrected chi connectivity index (χ1v) is 10.5. The zero-order valence-corrected chi connectivity index (χ0v) is 18.2. The van der Waals surface area contributed by atoms with E-state index in [1.807, 2.05) is 48.5 Å². The summed E-state index contributed by atoms with van der Waals surface area (Å²) in [6, 6.07) is 16.4. The van der Waals surface area contributed by atoms with Gasteiger partial charge in [0.05, 0.1) is 20.3 Å². The van der Waals surface area contributed by atoms with E-state index in [4.69, 9.17) is 14.2 Å². The van der Waals surface area contributed by atoms with E-state index in [9.17, 15) is 9.59 Å². The molecule has 2 aromatic carbocycles. The SMILES string of the molecule is COc1ccc([C@H]2CCCN2C(=O)c2cc(=O)c(OCc3ccccc3)c[nH]2)c(OC)c1. The molecule has 3 aromatic rings. The zero-order valence-electron chi connectivity index (χ0n) is 18.2. The molecule has 166 valence electrons. The van der Waals surface area contributed by atoms with Crippen molar-refractivity contribution in [2.24, 2.45) is 0 Å². The van der Waals surface area contributed by atoms with Gasteiger partial charge in [0.15, 0.2) is 5.75 Å². The van der Waals surface area contributed by atoms with E-state index < -0.39 is 0 Å². The number of nitrogens with one attached hydrogen (secondary N) is 1. The lowest BCUT2D eigenvalue weighted by Gasteiger charge is -2.26. The number of ether oxygens (including phenoxy) is 3. The first-order valence-electron chi connectivity index (χ1n) is 10.5. The maximum absolute atomic E-state index is 13.2. The van der Waals surface area contributed by atoms with Crippen molar-refractivity contribution in [3.63, 3.8) is 0 Å². The lowest BCUT2D eigenvalue weighted by Crippen LogP contribution is -2.32. The fourth-order valence-corrected chi connectivity index (χ4v) is 4.01. The molecule has 1 aromatic heterocycles. The van der Waals surface area contributed by atoms with Crippen LogP contribution in [0.4, 0.5) is 0 Å². The molecule has 0 spiro atoms. The molecule has 1 saturated heterocycles. The molecule has 0 saturated carbocycles. The van der Waals surface area contributed by atoms with Gasteiger partial charge in [-0.2, -0.15) is 0 Å². The number of amides is 1. The average Bonchev–Trinajstić information content (AvgIpc) is 3.32. The number of methoxy groups -OCH3 is 2. The molecule has 0 radical (unpaired) electrons. The fourth-order valence-electron chi connectivity index (χ4n) is 4.01. The first kappa shape index (κ1) is 21.5. The number of carbonyl (C=O) groups excluding carboxylic acids is 1. The minimum absolute atomic E-state index is 0.138. The Bertz CT molecular complexity index is 1140. The van der Waals surface area contributed by atoms with Crippen LogP contribution in [0.25, 0.3) is 0 Å². The van der Waals surface area contributed by atoms with Gasteiger partial charge in [-0.1, -0.05) is 30.3 Å². The highest BCUT2D eigenvalue weighted by Crippen LogP contribution is 2.39. The van der Waals surface area contributed by atoms with Crippen LogP contribution in [0, 0.1) is 0 Å². The molecule has 0 unspecified atom stereocenters. The molecular weight excluding hydrogens is 408 g/mol. The monoisotopic (exact) mass is 434 g/mol. The number of likely N-dealkylation sites (tertiary alicyclic amines) is 1. The molecular formula is C25H26N2O5. The van der Waals surface area contributed by atoms with Crippen LogP contribution in [0.2, 0.25) is 0 Å². The third-order valence-electron chi connectivity index (χ3n) is 5.66. The summed E-state index contributed by atoms with van der Waals surface area (Å²) in [6.45, 7) is 0.885. The van der Waals surface area contributed by atoms with Crippen molar-refractivity contribution in [2.45, 2.75) is 25.5 Å². The van der Waals surface area contributed by atoms with Crippen molar-refractivity contribution in [1.29, 1.82) is 0 Å². The van der Waals surface area contributed by atoms with Crippen LogP contribution in [0.15, 0.2) is 65.6 Å². The Hall–Kier alpha value is -3.74. The van der Waals surface area contributed by atoms with Crippen molar-refractivity contribution < 1.29 is 19.0 Å². The van der Waals surface area contributed by atoms with Crippen LogP contribution >= 0.6 is 0 Å². The van der Waals surface area contributed by atoms with E-state index in [0.29, 0.717) is 18.0 Å². The summed E-state index contributed by atoms with van der Waals surface area (Å²) in [7, 11) is 3.20. The number of hydrogen-bond donors (Lipinski definition) is 1. The molecule has 1 aliphatic rings. The molecule has 0 bridgehead atoms. The Morgan fingerprint density at radius 3 is 2.59 bits per heavy atom. The second-order valence-corrected chi connectivity index (χ2v) is 7.61. The van der Waals surface area contributed by atoms with Crippen LogP contribution < -0.4 is 19.6 Å². The van der Waals surface area contributed by atoms with E-state index in [-0.39, 0.29) is 35.4 Å². The Morgan fingerprint density at radius 2 is 1.88 bits per heavy atom. The number of nitrogens with zero attached hydrogens (tertiary/aromatic N) is 1. The van der Waals surface area contributed by atoms with E-state index >= 15 is 0 Å². The van der Waals surface area contributed by atoms with Gasteiger partial charge in [0.25, 0.3) is 5.91 Å². The highest BCUT2D eigenvalue weighted by atomic mass is 16.5. The average molecular weight is 434 g/mol. The maximum atomic E-state index is 13.2. The standard InChI is InChI=1S/C25H26N2O5/c1-30-18-10-11-19(23(13-18)31-2)21-9-6-12-27(21)25(29)20-14-22(28)24(15-26-20)32-16-17-7-4-3-5-8-17/h3-5,7-8,10-11,13-15,21H,6,9,12,16H2,1-2H3,(H,26,28)/t21-/m1/s1. The highest BCUT2D eigenvalue weighted by Gasteiger charge is 2.33. The molecule has 2 heterocycles. The molecule has 0 aliphatic carbocycles. The molecule has 7 heteroatoms. The van der Waals surface area contributed by atoms with Gasteiger partial charge in [-0.15, -0.1) is 0 Å². The number of aromatic nitrogens is 1. The molecule has 1 amide bonds. The Morgan fingerprint density at radius 1 is 1.06 bits per heavy atom. The number of benzene rings is 2. The Labute approximate surface area is 186 Å². The topological polar surface area (TPSA) is 80.9 Å². The van der Waals surface area contributed by atoms with Crippen LogP contribution in [-0.2, 0) is 6.61 Å². The number of carbonyl (C=O) groups is 1. The summed E-state index contributed by atoms with van der Waals surface area (Å²) < 4.78 is 16.4. The first-order chi connectivity index (χ1) is 15.6. The lowest BCUT2D eigenvalue weighted by molar-refractivity contribution is 0.0728. The van der Waals surface area contributed by atoms with Gasteiger partial charge >= 0.3 is 0 Å². The normalized spacial score (nSPS) is 15.4. The number of H-pyrrole nitrogens is 1. The summed E-state index contributed by atoms with van der Waals surface area (Å²) in [6.07, 6.45) is 3.14. The third kappa shape index (κ3) is 4.46. The van der Waals surface area contributed by atoms with Crippen molar-refractivity contribution in [2.75, 3.05) is 20.8 Å². The molecule has 1 aliphatic heterocycles. The van der Waals surface area contributed by atoms with Gasteiger partial charge in [-0.05, 0) is 30.5 Å². The largest absolute Gasteiger partial charge is 0.497 e. The molecule has 7 nitrogen and oxygen atoms in total. The second-order valence-electron chi connectivity index (χ2n) is 7.61. The number of aromatic amines is 1. The smallest absolute Gasteiger partial charge is 0.270 e. The number of hydrogen-bond acceptors (Lipinski definition) is 5. The maximum Gasteiger partial charge on any atom is 0.270 e. The van der Waals surface area contributed by atoms with Crippen LogP contribution in [-0.4, -0.2) is 36.6 Å². The lowest BCUT2D eigenvalue weighted by atomic mass is 10.0. The minimum atomic E-state index is -0.333. The van der Waals surface area contributed by atoms with E-state index in [2.05, 4.69) is 4.98 Å². The quantitative estimate of drug-likeness (QED) is 0.609. The van der Waals surface area contributed by atoms with Crippen LogP contribution in [0.3, 0.4) is 0 Å². The Balaban J connectivity index is 1.52. The van der Waals surface area contributed by atoms with Gasteiger partial charge in [0.2, 0.25) is 5.43 Å². The fraction of sp³-hybridized carbons (Fsp3) is 0.280. The van der Waals surface area contributed by atoms with Crippen LogP contribution in [0.1, 0.15) is 40.5 Å². The summed E-state index contributed by atoms with van der Waals surface area (Å²) in [5.41, 5.74) is 1.78. The highest BCUT2D eigenvalue weighted by molar-refractivity contribution is 5.93. The summed E-state index contributed by atoms with van der Waals surface area (Å²) in [5, 5.41) is 0. The number of rotatable bonds is 7. The van der Waals surface area contributed by atoms with Crippen LogP contribution in [0.5, 0.6) is 17.2 Å². The predicted octanol–water partition coefficient (Wildman–Crippen LogP) is 3.95. The minimum Gasteiger partial charge on any atom is -0.497 e. The van der Waals surface area contributed by atoms with Crippen molar-refractivity contribution in [3.05, 3.63) is 87.8 Å². The molecule has 1 fully saturated rings. The van der Waals surface area contributed by atoms with E-state index in [0.717, 1.165) is 24.0 Å². The van der Waals surface area contributed by atoms with Gasteiger partial charge in [-0.3, -0.25) is 9.59 Å².